The van der Waals surface area contributed by atoms with E-state index in [-0.39, 0.29) is 0 Å². The number of hydrogen-bond donors (Lipinski definition) is 0. The van der Waals surface area contributed by atoms with Gasteiger partial charge in [-0.2, -0.15) is 0 Å². The lowest BCUT2D eigenvalue weighted by Crippen LogP contribution is -2.26. The lowest BCUT2D eigenvalue weighted by molar-refractivity contribution is 0.949. The zero-order valence-corrected chi connectivity index (χ0v) is 61.8. The molecule has 0 radical (unpaired) electrons. The van der Waals surface area contributed by atoms with Crippen LogP contribution in [0.3, 0.4) is 0 Å². The molecule has 12 aromatic carbocycles. The number of hydrogen-bond acceptors (Lipinski definition) is 8. The Morgan fingerprint density at radius 1 is 0.179 bits per heavy atom. The van der Waals surface area contributed by atoms with E-state index in [9.17, 15) is 0 Å². The maximum atomic E-state index is 4.82. The number of nitrogens with zero attached hydrogens (tertiary/aromatic N) is 8. The summed E-state index contributed by atoms with van der Waals surface area (Å²) < 4.78 is 0. The van der Waals surface area contributed by atoms with Gasteiger partial charge in [0.1, 0.15) is 5.82 Å². The third kappa shape index (κ3) is 9.12. The zero-order valence-electron chi connectivity index (χ0n) is 61.8. The average molecular weight is 1430 g/mol. The molecular formula is C104H72N8. The highest BCUT2D eigenvalue weighted by Gasteiger charge is 2.41. The molecule has 8 nitrogen and oxygen atoms in total. The molecule has 8 heteroatoms. The Balaban J connectivity index is 0.0000000847. The van der Waals surface area contributed by atoms with E-state index in [4.69, 9.17) is 15.0 Å². The summed E-state index contributed by atoms with van der Waals surface area (Å²) in [6, 6.07) is 95.9. The van der Waals surface area contributed by atoms with Crippen molar-refractivity contribution < 1.29 is 0 Å². The standard InChI is InChI=1S/4C26H18N2/c1-3-7-20-16(5-1)12-22-21(20)9-10-25-23(22)13-19-15-27-14-18-11-17-6-2-4-8-24(17)28(25)26(18)19;1-3-7-19-16(5-1)14-21-20(19)9-10-25-22(21)15-23-26-18(11-12-27-23)13-17-6-2-4-8-24(17)28(25)26;1-3-7-19-16(5-1)13-21-20(19)9-10-25-22(21)14-18-11-12-27-23-15-17-6-2-4-8-24(17)28(25)26(18)23;1-2-9-20-16(5-1)14-22-21(20)10-11-24-23(22)15-18-7-3-6-17-13-19-8-4-12-27-26(19)28(24)25(17)18/h1-10,14-15H,11-13H2;3*1-12H,13-15H2. The van der Waals surface area contributed by atoms with Crippen molar-refractivity contribution in [2.75, 3.05) is 19.6 Å². The van der Waals surface area contributed by atoms with Gasteiger partial charge in [0.25, 0.3) is 0 Å². The Labute approximate surface area is 651 Å². The maximum absolute atomic E-state index is 4.82. The average Bonchev–Trinajstić information content (AvgIpc) is 1.17. The number of pyridine rings is 4. The van der Waals surface area contributed by atoms with Crippen LogP contribution < -0.4 is 19.6 Å². The van der Waals surface area contributed by atoms with E-state index < -0.39 is 0 Å². The minimum atomic E-state index is 0.918. The lowest BCUT2D eigenvalue weighted by Gasteiger charge is -2.39. The van der Waals surface area contributed by atoms with Gasteiger partial charge in [-0.05, 0) is 253 Å². The second-order valence-electron chi connectivity index (χ2n) is 32.1. The van der Waals surface area contributed by atoms with Crippen molar-refractivity contribution in [1.29, 1.82) is 0 Å². The van der Waals surface area contributed by atoms with E-state index in [0.717, 1.165) is 82.9 Å². The molecule has 0 saturated carbocycles. The van der Waals surface area contributed by atoms with E-state index in [1.54, 1.807) is 0 Å². The lowest BCUT2D eigenvalue weighted by atomic mass is 9.85. The molecule has 4 aromatic heterocycles. The van der Waals surface area contributed by atoms with Crippen LogP contribution in [0.2, 0.25) is 0 Å². The van der Waals surface area contributed by atoms with Crippen molar-refractivity contribution in [3.63, 3.8) is 0 Å². The first-order valence-electron chi connectivity index (χ1n) is 39.8. The number of anilines is 12. The normalized spacial score (nSPS) is 14.6. The predicted molar refractivity (Wildman–Crippen MR) is 451 cm³/mol. The number of rotatable bonds is 0. The molecule has 12 heterocycles. The van der Waals surface area contributed by atoms with Gasteiger partial charge in [0.2, 0.25) is 0 Å². The van der Waals surface area contributed by atoms with Crippen LogP contribution >= 0.6 is 0 Å². The molecule has 12 aliphatic rings. The fourth-order valence-electron chi connectivity index (χ4n) is 21.6. The van der Waals surface area contributed by atoms with Crippen molar-refractivity contribution >= 4 is 68.4 Å². The van der Waals surface area contributed by atoms with Gasteiger partial charge in [0.15, 0.2) is 0 Å². The summed E-state index contributed by atoms with van der Waals surface area (Å²) >= 11 is 0. The van der Waals surface area contributed by atoms with Crippen LogP contribution in [-0.2, 0) is 77.0 Å². The molecular weight excluding hydrogens is 1360 g/mol. The minimum Gasteiger partial charge on any atom is -0.309 e. The largest absolute Gasteiger partial charge is 0.309 e. The van der Waals surface area contributed by atoms with Crippen molar-refractivity contribution in [2.24, 2.45) is 0 Å². The highest BCUT2D eigenvalue weighted by molar-refractivity contribution is 5.97. The molecule has 28 rings (SSSR count). The molecule has 0 spiro atoms. The van der Waals surface area contributed by atoms with Crippen molar-refractivity contribution in [3.05, 3.63) is 426 Å². The molecule has 0 amide bonds. The van der Waals surface area contributed by atoms with Crippen molar-refractivity contribution in [2.45, 2.75) is 77.0 Å². The molecule has 0 N–H and O–H groups in total. The van der Waals surface area contributed by atoms with E-state index >= 15 is 0 Å². The summed E-state index contributed by atoms with van der Waals surface area (Å²) in [6.45, 7) is 0. The maximum Gasteiger partial charge on any atom is 0.141 e. The zero-order chi connectivity index (χ0) is 73.0. The molecule has 0 fully saturated rings. The molecule has 0 atom stereocenters. The molecule has 8 aliphatic heterocycles. The summed E-state index contributed by atoms with van der Waals surface area (Å²) in [5.41, 5.74) is 59.6. The van der Waals surface area contributed by atoms with Gasteiger partial charge in [-0.1, -0.05) is 200 Å². The van der Waals surface area contributed by atoms with Gasteiger partial charge < -0.3 is 14.7 Å². The highest BCUT2D eigenvalue weighted by Crippen LogP contribution is 2.59. The van der Waals surface area contributed by atoms with E-state index in [1.807, 2.05) is 18.6 Å². The van der Waals surface area contributed by atoms with E-state index in [2.05, 4.69) is 298 Å². The van der Waals surface area contributed by atoms with Crippen LogP contribution in [0, 0.1) is 0 Å². The number of aromatic nitrogens is 4. The van der Waals surface area contributed by atoms with E-state index in [1.165, 1.54) is 241 Å². The monoisotopic (exact) mass is 1430 g/mol. The summed E-state index contributed by atoms with van der Waals surface area (Å²) in [5, 5.41) is 0. The van der Waals surface area contributed by atoms with Crippen molar-refractivity contribution in [1.82, 2.24) is 19.9 Å². The van der Waals surface area contributed by atoms with Crippen LogP contribution in [0.1, 0.15) is 134 Å². The van der Waals surface area contributed by atoms with Crippen LogP contribution in [0.15, 0.2) is 292 Å². The van der Waals surface area contributed by atoms with Gasteiger partial charge in [-0.15, -0.1) is 0 Å². The number of fused-ring (bicyclic) bond motifs is 32. The number of para-hydroxylation sites is 4. The first-order chi connectivity index (χ1) is 55.5. The Hall–Kier alpha value is -13.6. The Kier molecular flexibility index (Phi) is 13.3. The Morgan fingerprint density at radius 2 is 0.500 bits per heavy atom. The SMILES string of the molecule is c1ccc2c(c1)Cc1c-2ccc2c1Cc1cccc3c1N2c1ncccc1C3.c1ccc2c(c1)Cc1c-2ccc2c1Cc1ccnc3c1N2c1ccccc1C3.c1ccc2c(c1)Cc1c-2ccc2c1Cc1cncc3c1N2c1ccccc1C3.c1ccc2c(c1)Cc1c-2ccc2c1Cc1nccc3c1N2c1ccccc1C3. The molecule has 112 heavy (non-hydrogen) atoms. The topological polar surface area (TPSA) is 64.5 Å². The van der Waals surface area contributed by atoms with Gasteiger partial charge in [-0.25, -0.2) is 4.98 Å². The molecule has 0 unspecified atom stereocenters. The highest BCUT2D eigenvalue weighted by atomic mass is 15.2. The molecule has 0 saturated heterocycles. The van der Waals surface area contributed by atoms with Crippen LogP contribution in [0.5, 0.6) is 0 Å². The van der Waals surface area contributed by atoms with Gasteiger partial charge in [0, 0.05) is 99.4 Å². The minimum absolute atomic E-state index is 0.918. The molecule has 528 valence electrons. The Morgan fingerprint density at radius 3 is 0.991 bits per heavy atom. The van der Waals surface area contributed by atoms with Gasteiger partial charge >= 0.3 is 0 Å². The number of benzene rings is 12. The smallest absolute Gasteiger partial charge is 0.141 e. The molecule has 4 aliphatic carbocycles. The van der Waals surface area contributed by atoms with E-state index in [0.29, 0.717) is 0 Å². The fraction of sp³-hybridized carbons (Fsp3) is 0.115. The van der Waals surface area contributed by atoms with Gasteiger partial charge in [-0.3, -0.25) is 19.9 Å². The van der Waals surface area contributed by atoms with Crippen LogP contribution in [0.25, 0.3) is 44.5 Å². The summed E-state index contributed by atoms with van der Waals surface area (Å²) in [6.07, 6.45) is 21.9. The summed E-state index contributed by atoms with van der Waals surface area (Å²) in [4.78, 5) is 28.8. The summed E-state index contributed by atoms with van der Waals surface area (Å²) in [5.74, 6) is 1.10. The first-order valence-corrected chi connectivity index (χ1v) is 39.8. The predicted octanol–water partition coefficient (Wildman–Crippen LogP) is 23.7. The van der Waals surface area contributed by atoms with Gasteiger partial charge in [0.05, 0.1) is 56.9 Å². The summed E-state index contributed by atoms with van der Waals surface area (Å²) in [7, 11) is 0. The third-order valence-corrected chi connectivity index (χ3v) is 26.3. The molecule has 16 aromatic rings. The first kappa shape index (κ1) is 62.3. The second kappa shape index (κ2) is 24.0. The third-order valence-electron chi connectivity index (χ3n) is 26.3. The Bertz CT molecular complexity index is 6020. The quantitative estimate of drug-likeness (QED) is 0.149. The fourth-order valence-corrected chi connectivity index (χ4v) is 21.6. The van der Waals surface area contributed by atoms with Crippen LogP contribution in [-0.4, -0.2) is 19.9 Å². The van der Waals surface area contributed by atoms with Crippen LogP contribution in [0.4, 0.5) is 68.4 Å². The van der Waals surface area contributed by atoms with Crippen molar-refractivity contribution in [3.8, 4) is 44.5 Å². The second-order valence-corrected chi connectivity index (χ2v) is 32.1. The molecule has 0 bridgehead atoms.